The summed E-state index contributed by atoms with van der Waals surface area (Å²) in [5.41, 5.74) is -0.294. The number of nitrogens with zero attached hydrogens (tertiary/aromatic N) is 2. The van der Waals surface area contributed by atoms with Crippen LogP contribution in [0.3, 0.4) is 0 Å². The Bertz CT molecular complexity index is 287. The molecule has 0 unspecified atom stereocenters. The molecule has 66 valence electrons. The van der Waals surface area contributed by atoms with Gasteiger partial charge in [0.2, 0.25) is 0 Å². The highest BCUT2D eigenvalue weighted by molar-refractivity contribution is 6.31. The molecule has 0 aliphatic carbocycles. The van der Waals surface area contributed by atoms with Crippen LogP contribution in [0.4, 0.5) is 0 Å². The van der Waals surface area contributed by atoms with Crippen molar-refractivity contribution in [2.24, 2.45) is 7.05 Å². The lowest BCUT2D eigenvalue weighted by atomic mass is 9.98. The Morgan fingerprint density at radius 3 is 2.75 bits per heavy atom. The Balaban J connectivity index is 2.44. The van der Waals surface area contributed by atoms with E-state index in [4.69, 9.17) is 16.3 Å². The average Bonchev–Trinajstić information content (AvgIpc) is 2.27. The number of aromatic nitrogens is 2. The van der Waals surface area contributed by atoms with E-state index in [0.29, 0.717) is 23.9 Å². The fraction of sp³-hybridized carbons (Fsp3) is 0.571. The molecule has 0 spiro atoms. The summed E-state index contributed by atoms with van der Waals surface area (Å²) in [6, 6.07) is 0. The zero-order valence-corrected chi connectivity index (χ0v) is 7.38. The zero-order valence-electron chi connectivity index (χ0n) is 6.62. The van der Waals surface area contributed by atoms with Crippen LogP contribution in [-0.4, -0.2) is 28.1 Å². The van der Waals surface area contributed by atoms with E-state index in [1.807, 2.05) is 0 Å². The van der Waals surface area contributed by atoms with Gasteiger partial charge in [0.15, 0.2) is 5.60 Å². The van der Waals surface area contributed by atoms with Crippen molar-refractivity contribution in [1.29, 1.82) is 0 Å². The largest absolute Gasteiger partial charge is 0.379 e. The molecule has 0 saturated carbocycles. The highest BCUT2D eigenvalue weighted by Gasteiger charge is 2.42. The Labute approximate surface area is 74.7 Å². The van der Waals surface area contributed by atoms with Crippen LogP contribution in [-0.2, 0) is 17.4 Å². The van der Waals surface area contributed by atoms with Crippen molar-refractivity contribution in [3.8, 4) is 0 Å². The minimum Gasteiger partial charge on any atom is -0.379 e. The lowest BCUT2D eigenvalue weighted by Crippen LogP contribution is -2.48. The monoisotopic (exact) mass is 188 g/mol. The number of aliphatic hydroxyl groups is 1. The van der Waals surface area contributed by atoms with Crippen molar-refractivity contribution >= 4 is 11.6 Å². The molecule has 0 atom stereocenters. The molecule has 1 aromatic rings. The molecule has 1 aliphatic heterocycles. The first-order valence-electron chi connectivity index (χ1n) is 3.61. The van der Waals surface area contributed by atoms with E-state index in [-0.39, 0.29) is 0 Å². The molecule has 4 nitrogen and oxygen atoms in total. The number of aryl methyl sites for hydroxylation is 1. The topological polar surface area (TPSA) is 47.3 Å². The second kappa shape index (κ2) is 2.45. The van der Waals surface area contributed by atoms with E-state index in [9.17, 15) is 5.11 Å². The van der Waals surface area contributed by atoms with E-state index in [2.05, 4.69) is 5.10 Å². The number of hydrogen-bond acceptors (Lipinski definition) is 3. The van der Waals surface area contributed by atoms with Crippen LogP contribution in [0.2, 0.25) is 5.02 Å². The van der Waals surface area contributed by atoms with Gasteiger partial charge in [-0.2, -0.15) is 5.10 Å². The Kier molecular flexibility index (Phi) is 1.64. The van der Waals surface area contributed by atoms with Gasteiger partial charge < -0.3 is 9.84 Å². The number of halogens is 1. The molecule has 0 amide bonds. The van der Waals surface area contributed by atoms with E-state index in [0.717, 1.165) is 0 Å². The predicted octanol–water partition coefficient (Wildman–Crippen LogP) is 0.291. The second-order valence-electron chi connectivity index (χ2n) is 2.99. The predicted molar refractivity (Wildman–Crippen MR) is 42.9 cm³/mol. The molecule has 2 rings (SSSR count). The smallest absolute Gasteiger partial charge is 0.154 e. The summed E-state index contributed by atoms with van der Waals surface area (Å²) in [4.78, 5) is 0. The van der Waals surface area contributed by atoms with Gasteiger partial charge in [-0.3, -0.25) is 4.68 Å². The molecule has 1 N–H and O–H groups in total. The van der Waals surface area contributed by atoms with Gasteiger partial charge in [0.05, 0.1) is 30.1 Å². The minimum atomic E-state index is -0.928. The molecule has 1 saturated heterocycles. The van der Waals surface area contributed by atoms with E-state index < -0.39 is 5.60 Å². The first-order chi connectivity index (χ1) is 5.63. The molecule has 0 aromatic carbocycles. The van der Waals surface area contributed by atoms with E-state index in [1.165, 1.54) is 6.20 Å². The number of ether oxygens (including phenoxy) is 1. The maximum Gasteiger partial charge on any atom is 0.154 e. The summed E-state index contributed by atoms with van der Waals surface area (Å²) in [6.07, 6.45) is 1.52. The van der Waals surface area contributed by atoms with Gasteiger partial charge in [-0.25, -0.2) is 0 Å². The Morgan fingerprint density at radius 2 is 2.42 bits per heavy atom. The van der Waals surface area contributed by atoms with Crippen molar-refractivity contribution in [1.82, 2.24) is 9.78 Å². The van der Waals surface area contributed by atoms with Crippen molar-refractivity contribution in [2.45, 2.75) is 5.60 Å². The van der Waals surface area contributed by atoms with E-state index >= 15 is 0 Å². The third-order valence-corrected chi connectivity index (χ3v) is 2.29. The van der Waals surface area contributed by atoms with E-state index in [1.54, 1.807) is 11.7 Å². The lowest BCUT2D eigenvalue weighted by Gasteiger charge is -2.36. The first-order valence-corrected chi connectivity index (χ1v) is 3.99. The molecule has 1 fully saturated rings. The SMILES string of the molecule is Cn1ncc(Cl)c1C1(O)COC1. The Hall–Kier alpha value is -0.580. The van der Waals surface area contributed by atoms with Gasteiger partial charge in [-0.15, -0.1) is 0 Å². The maximum absolute atomic E-state index is 9.86. The van der Waals surface area contributed by atoms with Crippen LogP contribution in [0.5, 0.6) is 0 Å². The highest BCUT2D eigenvalue weighted by atomic mass is 35.5. The highest BCUT2D eigenvalue weighted by Crippen LogP contribution is 2.33. The lowest BCUT2D eigenvalue weighted by molar-refractivity contribution is -0.188. The third-order valence-electron chi connectivity index (χ3n) is 2.02. The summed E-state index contributed by atoms with van der Waals surface area (Å²) < 4.78 is 6.50. The summed E-state index contributed by atoms with van der Waals surface area (Å²) in [7, 11) is 1.75. The summed E-state index contributed by atoms with van der Waals surface area (Å²) >= 11 is 5.84. The van der Waals surface area contributed by atoms with Crippen LogP contribution in [0.15, 0.2) is 6.20 Å². The molecule has 2 heterocycles. The maximum atomic E-state index is 9.86. The normalized spacial score (nSPS) is 20.6. The molecular weight excluding hydrogens is 180 g/mol. The average molecular weight is 189 g/mol. The molecule has 1 aliphatic rings. The molecule has 0 bridgehead atoms. The molecule has 0 radical (unpaired) electrons. The molecule has 12 heavy (non-hydrogen) atoms. The summed E-state index contributed by atoms with van der Waals surface area (Å²) in [5, 5.41) is 14.3. The van der Waals surface area contributed by atoms with Crippen LogP contribution in [0.25, 0.3) is 0 Å². The number of hydrogen-bond donors (Lipinski definition) is 1. The summed E-state index contributed by atoms with van der Waals surface area (Å²) in [5.74, 6) is 0. The quantitative estimate of drug-likeness (QED) is 0.689. The van der Waals surface area contributed by atoms with Crippen molar-refractivity contribution in [3.05, 3.63) is 16.9 Å². The van der Waals surface area contributed by atoms with Crippen LogP contribution in [0, 0.1) is 0 Å². The van der Waals surface area contributed by atoms with Crippen molar-refractivity contribution in [2.75, 3.05) is 13.2 Å². The molecule has 1 aromatic heterocycles. The fourth-order valence-electron chi connectivity index (χ4n) is 1.37. The van der Waals surface area contributed by atoms with Gasteiger partial charge in [-0.1, -0.05) is 11.6 Å². The van der Waals surface area contributed by atoms with Crippen LogP contribution in [0.1, 0.15) is 5.69 Å². The zero-order chi connectivity index (χ0) is 8.77. The van der Waals surface area contributed by atoms with Gasteiger partial charge in [0.25, 0.3) is 0 Å². The molecule has 5 heteroatoms. The standard InChI is InChI=1S/C7H9ClN2O2/c1-10-6(5(8)2-9-10)7(11)3-12-4-7/h2,11H,3-4H2,1H3. The van der Waals surface area contributed by atoms with Crippen LogP contribution >= 0.6 is 11.6 Å². The number of rotatable bonds is 1. The second-order valence-corrected chi connectivity index (χ2v) is 3.40. The fourth-order valence-corrected chi connectivity index (χ4v) is 1.71. The van der Waals surface area contributed by atoms with Gasteiger partial charge in [0.1, 0.15) is 0 Å². The molecular formula is C7H9ClN2O2. The van der Waals surface area contributed by atoms with Gasteiger partial charge in [-0.05, 0) is 0 Å². The van der Waals surface area contributed by atoms with Crippen LogP contribution < -0.4 is 0 Å². The Morgan fingerprint density at radius 1 is 1.75 bits per heavy atom. The summed E-state index contributed by atoms with van der Waals surface area (Å²) in [6.45, 7) is 0.596. The minimum absolute atomic E-state index is 0.298. The first kappa shape index (κ1) is 8.04. The van der Waals surface area contributed by atoms with Gasteiger partial charge in [0, 0.05) is 7.05 Å². The third kappa shape index (κ3) is 0.957. The van der Waals surface area contributed by atoms with Gasteiger partial charge >= 0.3 is 0 Å². The van der Waals surface area contributed by atoms with Crippen molar-refractivity contribution < 1.29 is 9.84 Å². The van der Waals surface area contributed by atoms with Crippen molar-refractivity contribution in [3.63, 3.8) is 0 Å².